The maximum atomic E-state index is 6.21. The van der Waals surface area contributed by atoms with Gasteiger partial charge in [-0.1, -0.05) is 145 Å². The number of furan rings is 1. The Kier molecular flexibility index (Phi) is 7.98. The van der Waals surface area contributed by atoms with Crippen molar-refractivity contribution in [1.82, 2.24) is 0 Å². The van der Waals surface area contributed by atoms with Gasteiger partial charge in [0.15, 0.2) is 0 Å². The number of aliphatic imine (C=N–C) groups is 1. The highest BCUT2D eigenvalue weighted by Gasteiger charge is 2.27. The summed E-state index contributed by atoms with van der Waals surface area (Å²) in [5.74, 6) is 1.82. The molecular formula is C54H43NO. The van der Waals surface area contributed by atoms with E-state index in [2.05, 4.69) is 159 Å². The minimum atomic E-state index is 0.717. The van der Waals surface area contributed by atoms with E-state index in [1.165, 1.54) is 113 Å². The van der Waals surface area contributed by atoms with E-state index in [0.29, 0.717) is 5.92 Å². The van der Waals surface area contributed by atoms with Crippen molar-refractivity contribution < 1.29 is 4.42 Å². The molecule has 0 radical (unpaired) electrons. The van der Waals surface area contributed by atoms with E-state index in [-0.39, 0.29) is 0 Å². The molecule has 2 nitrogen and oxygen atoms in total. The fourth-order valence-corrected chi connectivity index (χ4v) is 9.83. The lowest BCUT2D eigenvalue weighted by atomic mass is 9.74. The summed E-state index contributed by atoms with van der Waals surface area (Å²) in [6.07, 6.45) is 13.7. The molecule has 0 bridgehead atoms. The lowest BCUT2D eigenvalue weighted by Gasteiger charge is -2.32. The molecule has 0 amide bonds. The highest BCUT2D eigenvalue weighted by atomic mass is 16.3. The van der Waals surface area contributed by atoms with Crippen molar-refractivity contribution in [3.8, 4) is 44.5 Å². The van der Waals surface area contributed by atoms with Crippen molar-refractivity contribution in [3.63, 3.8) is 0 Å². The summed E-state index contributed by atoms with van der Waals surface area (Å²) in [7, 11) is 0. The van der Waals surface area contributed by atoms with Crippen LogP contribution in [0.25, 0.3) is 88.7 Å². The predicted octanol–water partition coefficient (Wildman–Crippen LogP) is 14.7. The normalized spacial score (nSPS) is 15.5. The molecule has 0 saturated heterocycles. The van der Waals surface area contributed by atoms with Crippen LogP contribution >= 0.6 is 0 Å². The fourth-order valence-electron chi connectivity index (χ4n) is 9.83. The molecule has 1 aliphatic heterocycles. The molecule has 2 heterocycles. The maximum absolute atomic E-state index is 6.21. The van der Waals surface area contributed by atoms with E-state index < -0.39 is 0 Å². The molecule has 7 aromatic carbocycles. The third-order valence-corrected chi connectivity index (χ3v) is 12.8. The van der Waals surface area contributed by atoms with Crippen LogP contribution in [0.4, 0.5) is 0 Å². The van der Waals surface area contributed by atoms with Gasteiger partial charge in [-0.25, -0.2) is 0 Å². The van der Waals surface area contributed by atoms with Gasteiger partial charge in [-0.05, 0) is 133 Å². The minimum Gasteiger partial charge on any atom is -0.460 e. The molecule has 1 aromatic heterocycles. The summed E-state index contributed by atoms with van der Waals surface area (Å²) < 4.78 is 6.21. The lowest BCUT2D eigenvalue weighted by molar-refractivity contribution is 0.361. The zero-order valence-electron chi connectivity index (χ0n) is 31.8. The minimum absolute atomic E-state index is 0.717. The van der Waals surface area contributed by atoms with Crippen LogP contribution in [-0.2, 0) is 6.42 Å². The Morgan fingerprint density at radius 1 is 0.571 bits per heavy atom. The summed E-state index contributed by atoms with van der Waals surface area (Å²) in [6.45, 7) is 3.23. The Bertz CT molecular complexity index is 2890. The number of hydrogen-bond donors (Lipinski definition) is 0. The first-order chi connectivity index (χ1) is 27.7. The quantitative estimate of drug-likeness (QED) is 0.157. The van der Waals surface area contributed by atoms with E-state index in [4.69, 9.17) is 9.41 Å². The van der Waals surface area contributed by atoms with Crippen LogP contribution in [0.3, 0.4) is 0 Å². The Hall–Kier alpha value is -6.25. The monoisotopic (exact) mass is 721 g/mol. The van der Waals surface area contributed by atoms with Gasteiger partial charge in [0, 0.05) is 30.1 Å². The number of nitrogens with zero attached hydrogens (tertiary/aromatic N) is 1. The van der Waals surface area contributed by atoms with Crippen LogP contribution < -0.4 is 0 Å². The first kappa shape index (κ1) is 33.1. The SMILES string of the molecule is Cc1c(C2=C(C3CCC3)CCN=C2)cccc1-c1ccccc1-c1c2ccccc2c(-c2ccc(-c3ccc4oc5c(c4c3)C=CCC5)cc2)c2ccccc12. The van der Waals surface area contributed by atoms with Crippen molar-refractivity contribution >= 4 is 50.4 Å². The van der Waals surface area contributed by atoms with Gasteiger partial charge in [0.2, 0.25) is 0 Å². The molecule has 3 aliphatic rings. The summed E-state index contributed by atoms with van der Waals surface area (Å²) in [5, 5.41) is 6.27. The molecule has 270 valence electrons. The average Bonchev–Trinajstić information content (AvgIpc) is 3.61. The van der Waals surface area contributed by atoms with Crippen LogP contribution in [0.5, 0.6) is 0 Å². The van der Waals surface area contributed by atoms with E-state index in [9.17, 15) is 0 Å². The maximum Gasteiger partial charge on any atom is 0.134 e. The molecule has 11 rings (SSSR count). The third-order valence-electron chi connectivity index (χ3n) is 12.8. The van der Waals surface area contributed by atoms with Crippen molar-refractivity contribution in [2.24, 2.45) is 10.9 Å². The molecule has 8 aromatic rings. The first-order valence-corrected chi connectivity index (χ1v) is 20.4. The standard InChI is InChI=1S/C54H43NO/c1-34-39(21-11-22-40(34)50-33-55-31-30-41(50)36-12-10-13-36)42-14-2-3-16-44(42)54-47-19-6-4-17-45(47)53(46-18-5-7-20-48(46)54)37-26-24-35(25-27-37)38-28-29-52-49(32-38)43-15-8-9-23-51(43)56-52/h2-8,11,14-22,24-29,32-33,36H,9-10,12-13,23,30-31H2,1H3. The summed E-state index contributed by atoms with van der Waals surface area (Å²) >= 11 is 0. The van der Waals surface area contributed by atoms with Crippen LogP contribution in [0.1, 0.15) is 54.6 Å². The second kappa shape index (κ2) is 13.5. The number of dihydropyridines is 1. The average molecular weight is 722 g/mol. The van der Waals surface area contributed by atoms with Gasteiger partial charge in [-0.3, -0.25) is 4.99 Å². The van der Waals surface area contributed by atoms with Crippen LogP contribution in [0, 0.1) is 12.8 Å². The summed E-state index contributed by atoms with van der Waals surface area (Å²) in [6, 6.07) is 49.7. The molecule has 1 fully saturated rings. The summed E-state index contributed by atoms with van der Waals surface area (Å²) in [5.41, 5.74) is 17.9. The molecule has 0 spiro atoms. The number of allylic oxidation sites excluding steroid dienone is 2. The number of rotatable bonds is 6. The largest absolute Gasteiger partial charge is 0.460 e. The topological polar surface area (TPSA) is 25.5 Å². The van der Waals surface area contributed by atoms with Gasteiger partial charge in [0.05, 0.1) is 0 Å². The smallest absolute Gasteiger partial charge is 0.134 e. The lowest BCUT2D eigenvalue weighted by Crippen LogP contribution is -2.18. The number of fused-ring (bicyclic) bond motifs is 5. The highest BCUT2D eigenvalue weighted by molar-refractivity contribution is 6.22. The van der Waals surface area contributed by atoms with Gasteiger partial charge in [0.1, 0.15) is 11.3 Å². The van der Waals surface area contributed by atoms with E-state index >= 15 is 0 Å². The molecule has 56 heavy (non-hydrogen) atoms. The number of benzene rings is 7. The Morgan fingerprint density at radius 3 is 1.95 bits per heavy atom. The fraction of sp³-hybridized carbons (Fsp3) is 0.167. The molecular weight excluding hydrogens is 679 g/mol. The third kappa shape index (κ3) is 5.34. The molecule has 2 aliphatic carbocycles. The number of aryl methyl sites for hydroxylation is 1. The molecule has 0 N–H and O–H groups in total. The number of hydrogen-bond acceptors (Lipinski definition) is 2. The molecule has 0 unspecified atom stereocenters. The van der Waals surface area contributed by atoms with E-state index in [0.717, 1.165) is 37.2 Å². The highest BCUT2D eigenvalue weighted by Crippen LogP contribution is 2.48. The van der Waals surface area contributed by atoms with E-state index in [1.54, 1.807) is 5.57 Å². The van der Waals surface area contributed by atoms with Gasteiger partial charge < -0.3 is 4.42 Å². The Balaban J connectivity index is 1.05. The van der Waals surface area contributed by atoms with Crippen molar-refractivity contribution in [2.75, 3.05) is 6.54 Å². The second-order valence-electron chi connectivity index (χ2n) is 15.9. The van der Waals surface area contributed by atoms with Crippen LogP contribution in [-0.4, -0.2) is 12.8 Å². The van der Waals surface area contributed by atoms with Crippen molar-refractivity contribution in [2.45, 2.75) is 45.4 Å². The Morgan fingerprint density at radius 2 is 1.21 bits per heavy atom. The summed E-state index contributed by atoms with van der Waals surface area (Å²) in [4.78, 5) is 4.79. The van der Waals surface area contributed by atoms with Crippen molar-refractivity contribution in [1.29, 1.82) is 0 Å². The van der Waals surface area contributed by atoms with E-state index in [1.807, 2.05) is 0 Å². The van der Waals surface area contributed by atoms with Crippen LogP contribution in [0.15, 0.2) is 155 Å². The first-order valence-electron chi connectivity index (χ1n) is 20.4. The predicted molar refractivity (Wildman–Crippen MR) is 237 cm³/mol. The molecule has 0 atom stereocenters. The Labute approximate surface area is 328 Å². The van der Waals surface area contributed by atoms with Gasteiger partial charge >= 0.3 is 0 Å². The van der Waals surface area contributed by atoms with Crippen LogP contribution in [0.2, 0.25) is 0 Å². The van der Waals surface area contributed by atoms with Gasteiger partial charge in [0.25, 0.3) is 0 Å². The van der Waals surface area contributed by atoms with Crippen molar-refractivity contribution in [3.05, 3.63) is 168 Å². The zero-order chi connectivity index (χ0) is 37.2. The van der Waals surface area contributed by atoms with Gasteiger partial charge in [-0.15, -0.1) is 0 Å². The molecule has 1 saturated carbocycles. The zero-order valence-corrected chi connectivity index (χ0v) is 31.8. The second-order valence-corrected chi connectivity index (χ2v) is 15.9. The van der Waals surface area contributed by atoms with Gasteiger partial charge in [-0.2, -0.15) is 0 Å². The molecule has 2 heteroatoms.